The molecule has 0 fully saturated rings. The fourth-order valence-corrected chi connectivity index (χ4v) is 1.06. The van der Waals surface area contributed by atoms with E-state index < -0.39 is 6.16 Å². The van der Waals surface area contributed by atoms with Crippen LogP contribution in [0.5, 0.6) is 0 Å². The minimum Gasteiger partial charge on any atom is -0.434 e. The zero-order valence-electron chi connectivity index (χ0n) is 11.7. The van der Waals surface area contributed by atoms with E-state index in [9.17, 15) is 4.79 Å². The summed E-state index contributed by atoms with van der Waals surface area (Å²) in [5.41, 5.74) is 0. The lowest BCUT2D eigenvalue weighted by Gasteiger charge is -2.05. The molecular weight excluding hydrogens is 236 g/mol. The minimum absolute atomic E-state index is 0.125. The van der Waals surface area contributed by atoms with Crippen LogP contribution in [0.4, 0.5) is 4.79 Å². The van der Waals surface area contributed by atoms with Crippen molar-refractivity contribution < 1.29 is 24.5 Å². The predicted molar refractivity (Wildman–Crippen MR) is 70.5 cm³/mol. The van der Waals surface area contributed by atoms with Crippen LogP contribution in [0.15, 0.2) is 0 Å². The van der Waals surface area contributed by atoms with E-state index in [-0.39, 0.29) is 13.2 Å². The normalized spacial score (nSPS) is 9.33. The number of carbonyl (C=O) groups excluding carboxylic acids is 1. The number of rotatable bonds is 9. The van der Waals surface area contributed by atoms with Gasteiger partial charge < -0.3 is 19.7 Å². The molecule has 0 aromatic rings. The summed E-state index contributed by atoms with van der Waals surface area (Å²) in [6, 6.07) is 0. The Hall–Kier alpha value is -0.810. The molecule has 0 aromatic carbocycles. The number of carbonyl (C=O) groups is 1. The van der Waals surface area contributed by atoms with Gasteiger partial charge in [0.1, 0.15) is 0 Å². The molecule has 0 bridgehead atoms. The molecule has 0 aromatic heterocycles. The maximum atomic E-state index is 10.9. The van der Waals surface area contributed by atoms with Crippen LogP contribution in [0.2, 0.25) is 0 Å². The van der Waals surface area contributed by atoms with Crippen molar-refractivity contribution in [3.63, 3.8) is 0 Å². The van der Waals surface area contributed by atoms with E-state index in [1.54, 1.807) is 0 Å². The number of aliphatic hydroxyl groups excluding tert-OH is 2. The van der Waals surface area contributed by atoms with Crippen molar-refractivity contribution in [3.8, 4) is 0 Å². The quantitative estimate of drug-likeness (QED) is 0.494. The summed E-state index contributed by atoms with van der Waals surface area (Å²) in [4.78, 5) is 10.9. The molecule has 0 heterocycles. The first kappa shape index (κ1) is 19.5. The molecule has 0 saturated carbocycles. The molecule has 18 heavy (non-hydrogen) atoms. The highest BCUT2D eigenvalue weighted by Crippen LogP contribution is 1.98. The van der Waals surface area contributed by atoms with E-state index in [4.69, 9.17) is 19.7 Å². The number of hydrogen-bond acceptors (Lipinski definition) is 5. The maximum Gasteiger partial charge on any atom is 0.508 e. The van der Waals surface area contributed by atoms with Gasteiger partial charge in [0, 0.05) is 0 Å². The van der Waals surface area contributed by atoms with Crippen LogP contribution in [0, 0.1) is 0 Å². The summed E-state index contributed by atoms with van der Waals surface area (Å²) in [5, 5.41) is 15.2. The average Bonchev–Trinajstić information content (AvgIpc) is 2.40. The predicted octanol–water partition coefficient (Wildman–Crippen LogP) is 2.49. The van der Waals surface area contributed by atoms with Gasteiger partial charge in [-0.25, -0.2) is 4.79 Å². The van der Waals surface area contributed by atoms with Crippen molar-refractivity contribution >= 4 is 6.16 Å². The summed E-state index contributed by atoms with van der Waals surface area (Å²) in [6.45, 7) is 4.95. The highest BCUT2D eigenvalue weighted by Gasteiger charge is 2.01. The van der Waals surface area contributed by atoms with Crippen LogP contribution in [-0.4, -0.2) is 42.8 Å². The second-order valence-corrected chi connectivity index (χ2v) is 3.81. The Morgan fingerprint density at radius 2 is 1.22 bits per heavy atom. The molecule has 5 heteroatoms. The SMILES string of the molecule is CCCCCOC(=O)OCCCCC.OCCO. The van der Waals surface area contributed by atoms with E-state index in [1.807, 2.05) is 0 Å². The van der Waals surface area contributed by atoms with Crippen molar-refractivity contribution in [1.29, 1.82) is 0 Å². The summed E-state index contributed by atoms with van der Waals surface area (Å²) < 4.78 is 9.73. The Kier molecular flexibility index (Phi) is 20.1. The molecule has 5 nitrogen and oxygen atoms in total. The minimum atomic E-state index is -0.516. The Morgan fingerprint density at radius 1 is 0.833 bits per heavy atom. The Bertz CT molecular complexity index is 145. The van der Waals surface area contributed by atoms with Crippen molar-refractivity contribution in [2.45, 2.75) is 52.4 Å². The molecule has 110 valence electrons. The van der Waals surface area contributed by atoms with E-state index in [0.717, 1.165) is 38.5 Å². The van der Waals surface area contributed by atoms with E-state index in [0.29, 0.717) is 13.2 Å². The number of hydrogen-bond donors (Lipinski definition) is 2. The van der Waals surface area contributed by atoms with E-state index in [1.165, 1.54) is 0 Å². The van der Waals surface area contributed by atoms with Gasteiger partial charge in [0.15, 0.2) is 0 Å². The molecule has 0 amide bonds. The summed E-state index contributed by atoms with van der Waals surface area (Å²) in [7, 11) is 0. The molecule has 0 aliphatic rings. The van der Waals surface area contributed by atoms with Crippen LogP contribution in [0.3, 0.4) is 0 Å². The van der Waals surface area contributed by atoms with Crippen molar-refractivity contribution in [3.05, 3.63) is 0 Å². The lowest BCUT2D eigenvalue weighted by atomic mass is 10.3. The summed E-state index contributed by atoms with van der Waals surface area (Å²) in [6.07, 6.45) is 5.81. The fraction of sp³-hybridized carbons (Fsp3) is 0.923. The lowest BCUT2D eigenvalue weighted by Crippen LogP contribution is -2.09. The summed E-state index contributed by atoms with van der Waals surface area (Å²) in [5.74, 6) is 0. The highest BCUT2D eigenvalue weighted by molar-refractivity contribution is 5.59. The second kappa shape index (κ2) is 18.6. The number of ether oxygens (including phenoxy) is 2. The lowest BCUT2D eigenvalue weighted by molar-refractivity contribution is 0.0530. The van der Waals surface area contributed by atoms with Crippen LogP contribution in [0.25, 0.3) is 0 Å². The van der Waals surface area contributed by atoms with Crippen LogP contribution in [0.1, 0.15) is 52.4 Å². The van der Waals surface area contributed by atoms with Crippen LogP contribution in [-0.2, 0) is 9.47 Å². The zero-order valence-corrected chi connectivity index (χ0v) is 11.7. The fourth-order valence-electron chi connectivity index (χ4n) is 1.06. The van der Waals surface area contributed by atoms with E-state index >= 15 is 0 Å². The van der Waals surface area contributed by atoms with Gasteiger partial charge in [-0.05, 0) is 12.8 Å². The van der Waals surface area contributed by atoms with Gasteiger partial charge in [0.2, 0.25) is 0 Å². The summed E-state index contributed by atoms with van der Waals surface area (Å²) >= 11 is 0. The standard InChI is InChI=1S/C11H22O3.C2H6O2/c1-3-5-7-9-13-11(12)14-10-8-6-4-2;3-1-2-4/h3-10H2,1-2H3;3-4H,1-2H2. The molecule has 0 unspecified atom stereocenters. The molecular formula is C13H28O5. The molecule has 0 saturated heterocycles. The highest BCUT2D eigenvalue weighted by atomic mass is 16.7. The molecule has 0 aliphatic carbocycles. The largest absolute Gasteiger partial charge is 0.508 e. The van der Waals surface area contributed by atoms with Gasteiger partial charge in [0.05, 0.1) is 26.4 Å². The van der Waals surface area contributed by atoms with Gasteiger partial charge >= 0.3 is 6.16 Å². The van der Waals surface area contributed by atoms with Gasteiger partial charge in [-0.15, -0.1) is 0 Å². The monoisotopic (exact) mass is 264 g/mol. The smallest absolute Gasteiger partial charge is 0.434 e. The van der Waals surface area contributed by atoms with Gasteiger partial charge in [-0.1, -0.05) is 39.5 Å². The molecule has 0 spiro atoms. The molecule has 0 radical (unpaired) electrons. The van der Waals surface area contributed by atoms with E-state index in [2.05, 4.69) is 13.8 Å². The Balaban J connectivity index is 0. The molecule has 0 rings (SSSR count). The average molecular weight is 264 g/mol. The maximum absolute atomic E-state index is 10.9. The Morgan fingerprint density at radius 3 is 1.50 bits per heavy atom. The number of unbranched alkanes of at least 4 members (excludes halogenated alkanes) is 4. The third-order valence-corrected chi connectivity index (χ3v) is 2.04. The first-order chi connectivity index (χ1) is 8.72. The second-order valence-electron chi connectivity index (χ2n) is 3.81. The van der Waals surface area contributed by atoms with Crippen molar-refractivity contribution in [2.75, 3.05) is 26.4 Å². The van der Waals surface area contributed by atoms with Crippen molar-refractivity contribution in [2.24, 2.45) is 0 Å². The first-order valence-electron chi connectivity index (χ1n) is 6.74. The van der Waals surface area contributed by atoms with Crippen LogP contribution < -0.4 is 0 Å². The van der Waals surface area contributed by atoms with Crippen molar-refractivity contribution in [1.82, 2.24) is 0 Å². The van der Waals surface area contributed by atoms with Crippen LogP contribution >= 0.6 is 0 Å². The van der Waals surface area contributed by atoms with Gasteiger partial charge in [0.25, 0.3) is 0 Å². The molecule has 2 N–H and O–H groups in total. The van der Waals surface area contributed by atoms with Gasteiger partial charge in [-0.2, -0.15) is 0 Å². The third-order valence-electron chi connectivity index (χ3n) is 2.04. The number of aliphatic hydroxyl groups is 2. The Labute approximate surface area is 110 Å². The molecule has 0 aliphatic heterocycles. The van der Waals surface area contributed by atoms with Gasteiger partial charge in [-0.3, -0.25) is 0 Å². The third kappa shape index (κ3) is 20.6. The topological polar surface area (TPSA) is 76.0 Å². The first-order valence-corrected chi connectivity index (χ1v) is 6.74. The molecule has 0 atom stereocenters. The zero-order chi connectivity index (χ0) is 14.1.